The van der Waals surface area contributed by atoms with Gasteiger partial charge < -0.3 is 5.73 Å². The number of nitrogens with zero attached hydrogens (tertiary/aromatic N) is 2. The van der Waals surface area contributed by atoms with Crippen LogP contribution in [0.5, 0.6) is 0 Å². The van der Waals surface area contributed by atoms with E-state index in [4.69, 9.17) is 5.73 Å². The minimum Gasteiger partial charge on any atom is -0.399 e. The van der Waals surface area contributed by atoms with E-state index >= 15 is 0 Å². The second-order valence-electron chi connectivity index (χ2n) is 4.30. The van der Waals surface area contributed by atoms with Crippen LogP contribution in [-0.4, -0.2) is 9.78 Å². The summed E-state index contributed by atoms with van der Waals surface area (Å²) in [5, 5.41) is 4.44. The molecule has 0 saturated carbocycles. The van der Waals surface area contributed by atoms with Gasteiger partial charge in [0.25, 0.3) is 0 Å². The molecule has 2 aromatic rings. The maximum absolute atomic E-state index is 5.79. The lowest BCUT2D eigenvalue weighted by molar-refractivity contribution is 0.428. The fourth-order valence-electron chi connectivity index (χ4n) is 2.07. The second-order valence-corrected chi connectivity index (χ2v) is 4.30. The van der Waals surface area contributed by atoms with Gasteiger partial charge in [-0.2, -0.15) is 5.10 Å². The highest BCUT2D eigenvalue weighted by Gasteiger charge is 2.08. The molecule has 17 heavy (non-hydrogen) atoms. The number of rotatable bonds is 4. The lowest BCUT2D eigenvalue weighted by Gasteiger charge is -2.12. The van der Waals surface area contributed by atoms with Gasteiger partial charge in [-0.1, -0.05) is 26.0 Å². The Morgan fingerprint density at radius 1 is 1.24 bits per heavy atom. The number of aromatic nitrogens is 2. The molecular weight excluding hydrogens is 210 g/mol. The number of benzene rings is 1. The predicted octanol–water partition coefficient (Wildman–Crippen LogP) is 3.49. The summed E-state index contributed by atoms with van der Waals surface area (Å²) in [6.07, 6.45) is 6.22. The summed E-state index contributed by atoms with van der Waals surface area (Å²) in [5.74, 6) is 0. The van der Waals surface area contributed by atoms with Crippen molar-refractivity contribution in [2.75, 3.05) is 5.73 Å². The molecule has 0 aliphatic carbocycles. The van der Waals surface area contributed by atoms with Gasteiger partial charge in [0, 0.05) is 17.4 Å². The van der Waals surface area contributed by atoms with E-state index in [-0.39, 0.29) is 0 Å². The Bertz CT molecular complexity index is 484. The third kappa shape index (κ3) is 2.49. The average Bonchev–Trinajstić information content (AvgIpc) is 2.80. The summed E-state index contributed by atoms with van der Waals surface area (Å²) in [6.45, 7) is 4.38. The van der Waals surface area contributed by atoms with Crippen LogP contribution >= 0.6 is 0 Å². The average molecular weight is 229 g/mol. The van der Waals surface area contributed by atoms with Crippen LogP contribution < -0.4 is 5.73 Å². The first kappa shape index (κ1) is 11.7. The molecule has 2 N–H and O–H groups in total. The first-order chi connectivity index (χ1) is 8.24. The van der Waals surface area contributed by atoms with Crippen LogP contribution in [0.15, 0.2) is 36.7 Å². The zero-order valence-electron chi connectivity index (χ0n) is 10.4. The van der Waals surface area contributed by atoms with Gasteiger partial charge in [0.2, 0.25) is 0 Å². The van der Waals surface area contributed by atoms with E-state index in [0.717, 1.165) is 29.7 Å². The smallest absolute Gasteiger partial charge is 0.0568 e. The maximum Gasteiger partial charge on any atom is 0.0568 e. The van der Waals surface area contributed by atoms with Crippen LogP contribution in [0.4, 0.5) is 5.69 Å². The van der Waals surface area contributed by atoms with Crippen molar-refractivity contribution in [3.05, 3.63) is 36.7 Å². The highest BCUT2D eigenvalue weighted by Crippen LogP contribution is 2.23. The number of nitrogens with two attached hydrogens (primary N) is 1. The molecule has 0 spiro atoms. The maximum atomic E-state index is 5.79. The van der Waals surface area contributed by atoms with Gasteiger partial charge in [-0.05, 0) is 30.5 Å². The SMILES string of the molecule is CCC(CC)n1cc(-c2cccc(N)c2)cn1. The monoisotopic (exact) mass is 229 g/mol. The Kier molecular flexibility index (Phi) is 3.47. The lowest BCUT2D eigenvalue weighted by Crippen LogP contribution is -2.06. The Hall–Kier alpha value is -1.77. The van der Waals surface area contributed by atoms with Gasteiger partial charge in [0.1, 0.15) is 0 Å². The number of hydrogen-bond acceptors (Lipinski definition) is 2. The van der Waals surface area contributed by atoms with Crippen molar-refractivity contribution in [3.63, 3.8) is 0 Å². The quantitative estimate of drug-likeness (QED) is 0.815. The van der Waals surface area contributed by atoms with Crippen LogP contribution in [0.3, 0.4) is 0 Å². The van der Waals surface area contributed by atoms with Crippen molar-refractivity contribution in [2.24, 2.45) is 0 Å². The summed E-state index contributed by atoms with van der Waals surface area (Å²) in [6, 6.07) is 8.40. The van der Waals surface area contributed by atoms with E-state index in [1.54, 1.807) is 0 Å². The molecule has 1 aromatic carbocycles. The van der Waals surface area contributed by atoms with Crippen LogP contribution in [0, 0.1) is 0 Å². The first-order valence-electron chi connectivity index (χ1n) is 6.14. The standard InChI is InChI=1S/C14H19N3/c1-3-14(4-2)17-10-12(9-16-17)11-6-5-7-13(15)8-11/h5-10,14H,3-4,15H2,1-2H3. The number of nitrogen functional groups attached to an aromatic ring is 1. The minimum atomic E-state index is 0.491. The zero-order valence-corrected chi connectivity index (χ0v) is 10.4. The largest absolute Gasteiger partial charge is 0.399 e. The second kappa shape index (κ2) is 5.04. The van der Waals surface area contributed by atoms with Gasteiger partial charge in [-0.15, -0.1) is 0 Å². The molecule has 0 aliphatic rings. The van der Waals surface area contributed by atoms with Gasteiger partial charge in [-0.3, -0.25) is 4.68 Å². The number of anilines is 1. The molecule has 0 atom stereocenters. The van der Waals surface area contributed by atoms with Crippen molar-refractivity contribution >= 4 is 5.69 Å². The van der Waals surface area contributed by atoms with Crippen LogP contribution in [0.2, 0.25) is 0 Å². The highest BCUT2D eigenvalue weighted by molar-refractivity contribution is 5.65. The Morgan fingerprint density at radius 2 is 2.00 bits per heavy atom. The highest BCUT2D eigenvalue weighted by atomic mass is 15.3. The number of hydrogen-bond donors (Lipinski definition) is 1. The lowest BCUT2D eigenvalue weighted by atomic mass is 10.1. The predicted molar refractivity (Wildman–Crippen MR) is 71.7 cm³/mol. The van der Waals surface area contributed by atoms with E-state index < -0.39 is 0 Å². The molecule has 3 heteroatoms. The van der Waals surface area contributed by atoms with E-state index in [1.165, 1.54) is 0 Å². The summed E-state index contributed by atoms with van der Waals surface area (Å²) >= 11 is 0. The van der Waals surface area contributed by atoms with Crippen molar-refractivity contribution in [1.82, 2.24) is 9.78 Å². The normalized spacial score (nSPS) is 11.0. The van der Waals surface area contributed by atoms with Gasteiger partial charge in [-0.25, -0.2) is 0 Å². The fourth-order valence-corrected chi connectivity index (χ4v) is 2.07. The molecule has 0 saturated heterocycles. The molecule has 0 aliphatic heterocycles. The Balaban J connectivity index is 2.29. The fraction of sp³-hybridized carbons (Fsp3) is 0.357. The molecule has 1 heterocycles. The topological polar surface area (TPSA) is 43.8 Å². The van der Waals surface area contributed by atoms with Crippen molar-refractivity contribution in [1.29, 1.82) is 0 Å². The van der Waals surface area contributed by atoms with Crippen molar-refractivity contribution in [3.8, 4) is 11.1 Å². The van der Waals surface area contributed by atoms with Crippen molar-refractivity contribution in [2.45, 2.75) is 32.7 Å². The minimum absolute atomic E-state index is 0.491. The van der Waals surface area contributed by atoms with E-state index in [9.17, 15) is 0 Å². The molecule has 0 radical (unpaired) electrons. The Morgan fingerprint density at radius 3 is 2.65 bits per heavy atom. The molecule has 0 amide bonds. The summed E-state index contributed by atoms with van der Waals surface area (Å²) in [7, 11) is 0. The molecule has 90 valence electrons. The summed E-state index contributed by atoms with van der Waals surface area (Å²) in [5.41, 5.74) is 8.83. The van der Waals surface area contributed by atoms with Crippen molar-refractivity contribution < 1.29 is 0 Å². The van der Waals surface area contributed by atoms with Gasteiger partial charge in [0.05, 0.1) is 12.2 Å². The first-order valence-corrected chi connectivity index (χ1v) is 6.14. The van der Waals surface area contributed by atoms with E-state index in [2.05, 4.69) is 35.9 Å². The Labute approximate surface area is 102 Å². The van der Waals surface area contributed by atoms with Gasteiger partial charge in [0.15, 0.2) is 0 Å². The van der Waals surface area contributed by atoms with Crippen LogP contribution in [-0.2, 0) is 0 Å². The summed E-state index contributed by atoms with van der Waals surface area (Å²) < 4.78 is 2.05. The van der Waals surface area contributed by atoms with Crippen LogP contribution in [0.25, 0.3) is 11.1 Å². The zero-order chi connectivity index (χ0) is 12.3. The van der Waals surface area contributed by atoms with Gasteiger partial charge >= 0.3 is 0 Å². The summed E-state index contributed by atoms with van der Waals surface area (Å²) in [4.78, 5) is 0. The van der Waals surface area contributed by atoms with E-state index in [1.807, 2.05) is 24.4 Å². The van der Waals surface area contributed by atoms with E-state index in [0.29, 0.717) is 6.04 Å². The van der Waals surface area contributed by atoms with Crippen LogP contribution in [0.1, 0.15) is 32.7 Å². The molecule has 0 fully saturated rings. The molecular formula is C14H19N3. The third-order valence-corrected chi connectivity index (χ3v) is 3.14. The molecule has 3 nitrogen and oxygen atoms in total. The molecule has 0 bridgehead atoms. The molecule has 1 aromatic heterocycles. The molecule has 0 unspecified atom stereocenters. The third-order valence-electron chi connectivity index (χ3n) is 3.14. The molecule has 2 rings (SSSR count).